The van der Waals surface area contributed by atoms with Crippen LogP contribution >= 0.6 is 0 Å². The van der Waals surface area contributed by atoms with E-state index in [2.05, 4.69) is 50.1 Å². The molecule has 2 unspecified atom stereocenters. The number of allylic oxidation sites excluding steroid dienone is 4. The lowest BCUT2D eigenvalue weighted by Crippen LogP contribution is -2.30. The van der Waals surface area contributed by atoms with E-state index in [0.717, 1.165) is 26.3 Å². The van der Waals surface area contributed by atoms with E-state index >= 15 is 0 Å². The van der Waals surface area contributed by atoms with Crippen LogP contribution in [0.4, 0.5) is 0 Å². The third-order valence-electron chi connectivity index (χ3n) is 8.37. The Morgan fingerprint density at radius 1 is 0.450 bits per heavy atom. The molecule has 1 fully saturated rings. The fourth-order valence-corrected chi connectivity index (χ4v) is 5.71. The van der Waals surface area contributed by atoms with E-state index in [1.54, 1.807) is 0 Å². The van der Waals surface area contributed by atoms with Crippen LogP contribution in [0.25, 0.3) is 0 Å². The first-order valence-corrected chi connectivity index (χ1v) is 18.0. The zero-order chi connectivity index (χ0) is 28.8. The van der Waals surface area contributed by atoms with Crippen molar-refractivity contribution in [2.45, 2.75) is 180 Å². The van der Waals surface area contributed by atoms with Crippen molar-refractivity contribution >= 4 is 0 Å². The molecule has 0 aromatic heterocycles. The molecule has 1 rings (SSSR count). The number of unbranched alkanes of at least 4 members (excludes halogenated alkanes) is 20. The summed E-state index contributed by atoms with van der Waals surface area (Å²) in [5.74, 6) is 0. The van der Waals surface area contributed by atoms with Gasteiger partial charge < -0.3 is 14.4 Å². The lowest BCUT2D eigenvalue weighted by molar-refractivity contribution is -0.0481. The molecule has 2 atom stereocenters. The van der Waals surface area contributed by atoms with Crippen molar-refractivity contribution in [2.24, 2.45) is 0 Å². The third kappa shape index (κ3) is 24.0. The van der Waals surface area contributed by atoms with Gasteiger partial charge in [0.25, 0.3) is 0 Å². The molecule has 236 valence electrons. The minimum absolute atomic E-state index is 0.262. The summed E-state index contributed by atoms with van der Waals surface area (Å²) in [6.45, 7) is 8.39. The maximum absolute atomic E-state index is 6.29. The quantitative estimate of drug-likeness (QED) is 0.0643. The molecule has 0 spiro atoms. The summed E-state index contributed by atoms with van der Waals surface area (Å²) < 4.78 is 12.6. The fourth-order valence-electron chi connectivity index (χ4n) is 5.71. The van der Waals surface area contributed by atoms with Crippen LogP contribution in [0.1, 0.15) is 168 Å². The van der Waals surface area contributed by atoms with Crippen LogP contribution < -0.4 is 0 Å². The van der Waals surface area contributed by atoms with Gasteiger partial charge in [0.05, 0.1) is 12.2 Å². The van der Waals surface area contributed by atoms with E-state index in [4.69, 9.17) is 9.47 Å². The Kier molecular flexibility index (Phi) is 27.9. The van der Waals surface area contributed by atoms with E-state index in [-0.39, 0.29) is 12.2 Å². The number of ether oxygens (including phenoxy) is 2. The van der Waals surface area contributed by atoms with Crippen molar-refractivity contribution < 1.29 is 9.47 Å². The van der Waals surface area contributed by atoms with Crippen molar-refractivity contribution in [3.8, 4) is 0 Å². The molecule has 0 bridgehead atoms. The largest absolute Gasteiger partial charge is 0.374 e. The summed E-state index contributed by atoms with van der Waals surface area (Å²) >= 11 is 0. The Bertz CT molecular complexity index is 512. The van der Waals surface area contributed by atoms with E-state index in [9.17, 15) is 0 Å². The smallest absolute Gasteiger partial charge is 0.0975 e. The maximum atomic E-state index is 6.29. The molecule has 1 heterocycles. The zero-order valence-electron chi connectivity index (χ0n) is 27.5. The highest BCUT2D eigenvalue weighted by Crippen LogP contribution is 2.18. The van der Waals surface area contributed by atoms with Gasteiger partial charge in [0, 0.05) is 26.3 Å². The fraction of sp³-hybridized carbons (Fsp3) is 0.892. The molecule has 0 amide bonds. The van der Waals surface area contributed by atoms with Crippen molar-refractivity contribution in [2.75, 3.05) is 33.4 Å². The summed E-state index contributed by atoms with van der Waals surface area (Å²) in [4.78, 5) is 2.37. The second kappa shape index (κ2) is 29.8. The molecule has 0 aromatic rings. The van der Waals surface area contributed by atoms with Gasteiger partial charge in [0.15, 0.2) is 0 Å². The Morgan fingerprint density at radius 3 is 1.10 bits per heavy atom. The highest BCUT2D eigenvalue weighted by Gasteiger charge is 2.32. The molecule has 0 N–H and O–H groups in total. The van der Waals surface area contributed by atoms with Crippen LogP contribution in [-0.4, -0.2) is 50.5 Å². The number of likely N-dealkylation sites (tertiary alicyclic amines) is 1. The summed E-state index contributed by atoms with van der Waals surface area (Å²) in [6, 6.07) is 0. The van der Waals surface area contributed by atoms with Crippen LogP contribution in [0.2, 0.25) is 0 Å². The van der Waals surface area contributed by atoms with Gasteiger partial charge in [-0.1, -0.05) is 128 Å². The van der Waals surface area contributed by atoms with Crippen LogP contribution in [0.15, 0.2) is 24.3 Å². The molecule has 1 aliphatic heterocycles. The third-order valence-corrected chi connectivity index (χ3v) is 8.37. The van der Waals surface area contributed by atoms with Crippen molar-refractivity contribution in [1.29, 1.82) is 0 Å². The van der Waals surface area contributed by atoms with Crippen LogP contribution in [0.3, 0.4) is 0 Å². The zero-order valence-corrected chi connectivity index (χ0v) is 27.5. The van der Waals surface area contributed by atoms with E-state index in [0.29, 0.717) is 0 Å². The van der Waals surface area contributed by atoms with Gasteiger partial charge in [-0.2, -0.15) is 0 Å². The average molecular weight is 562 g/mol. The van der Waals surface area contributed by atoms with Crippen LogP contribution in [0, 0.1) is 0 Å². The molecule has 3 nitrogen and oxygen atoms in total. The molecular weight excluding hydrogens is 490 g/mol. The number of likely N-dealkylation sites (N-methyl/N-ethyl adjacent to an activating group) is 1. The van der Waals surface area contributed by atoms with Gasteiger partial charge in [-0.3, -0.25) is 0 Å². The monoisotopic (exact) mass is 562 g/mol. The van der Waals surface area contributed by atoms with Crippen LogP contribution in [0.5, 0.6) is 0 Å². The Labute approximate surface area is 251 Å². The molecule has 1 aliphatic rings. The second-order valence-electron chi connectivity index (χ2n) is 12.5. The standard InChI is InChI=1S/C37H71NO2/c1-4-6-8-10-12-14-16-18-20-22-24-26-28-30-32-39-36-34-38(3)35-37(36)40-33-31-29-27-25-23-21-19-17-15-13-11-9-7-5-2/h14-17,36-37H,4-13,18-35H2,1-3H3. The lowest BCUT2D eigenvalue weighted by Gasteiger charge is -2.20. The van der Waals surface area contributed by atoms with E-state index < -0.39 is 0 Å². The van der Waals surface area contributed by atoms with Gasteiger partial charge in [0.1, 0.15) is 0 Å². The number of rotatable bonds is 30. The highest BCUT2D eigenvalue weighted by molar-refractivity contribution is 4.84. The van der Waals surface area contributed by atoms with Gasteiger partial charge in [-0.25, -0.2) is 0 Å². The maximum Gasteiger partial charge on any atom is 0.0975 e. The normalized spacial score (nSPS) is 18.2. The summed E-state index contributed by atoms with van der Waals surface area (Å²) in [5.41, 5.74) is 0. The number of hydrogen-bond acceptors (Lipinski definition) is 3. The average Bonchev–Trinajstić information content (AvgIpc) is 3.31. The first-order chi connectivity index (χ1) is 19.8. The highest BCUT2D eigenvalue weighted by atomic mass is 16.5. The summed E-state index contributed by atoms with van der Waals surface area (Å²) in [6.07, 6.45) is 42.1. The number of hydrogen-bond donors (Lipinski definition) is 0. The lowest BCUT2D eigenvalue weighted by atomic mass is 10.1. The minimum Gasteiger partial charge on any atom is -0.374 e. The molecule has 0 radical (unpaired) electrons. The second-order valence-corrected chi connectivity index (χ2v) is 12.5. The molecular formula is C37H71NO2. The van der Waals surface area contributed by atoms with E-state index in [1.165, 1.54) is 154 Å². The van der Waals surface area contributed by atoms with Crippen molar-refractivity contribution in [3.05, 3.63) is 24.3 Å². The Morgan fingerprint density at radius 2 is 0.750 bits per heavy atom. The Balaban J connectivity index is 1.90. The summed E-state index contributed by atoms with van der Waals surface area (Å²) in [5, 5.41) is 0. The topological polar surface area (TPSA) is 21.7 Å². The molecule has 1 saturated heterocycles. The molecule has 3 heteroatoms. The molecule has 40 heavy (non-hydrogen) atoms. The Hall–Kier alpha value is -0.640. The van der Waals surface area contributed by atoms with Gasteiger partial charge in [0.2, 0.25) is 0 Å². The minimum atomic E-state index is 0.262. The molecule has 0 saturated carbocycles. The molecule has 0 aliphatic carbocycles. The van der Waals surface area contributed by atoms with Gasteiger partial charge in [-0.15, -0.1) is 0 Å². The first kappa shape index (κ1) is 37.4. The first-order valence-electron chi connectivity index (χ1n) is 18.0. The van der Waals surface area contributed by atoms with Gasteiger partial charge >= 0.3 is 0 Å². The van der Waals surface area contributed by atoms with Crippen LogP contribution in [-0.2, 0) is 9.47 Å². The summed E-state index contributed by atoms with van der Waals surface area (Å²) in [7, 11) is 2.20. The van der Waals surface area contributed by atoms with Gasteiger partial charge in [-0.05, 0) is 71.3 Å². The number of nitrogens with zero attached hydrogens (tertiary/aromatic N) is 1. The SMILES string of the molecule is CCCCCCC=CCCCCCCCCOC1CN(C)CC1OCCCCCCCCC=CCCCCCC. The molecule has 0 aromatic carbocycles. The van der Waals surface area contributed by atoms with Crippen molar-refractivity contribution in [3.63, 3.8) is 0 Å². The van der Waals surface area contributed by atoms with Crippen molar-refractivity contribution in [1.82, 2.24) is 4.90 Å². The van der Waals surface area contributed by atoms with E-state index in [1.807, 2.05) is 0 Å². The predicted molar refractivity (Wildman–Crippen MR) is 177 cm³/mol. The predicted octanol–water partition coefficient (Wildman–Crippen LogP) is 11.2.